The van der Waals surface area contributed by atoms with Gasteiger partial charge in [0.2, 0.25) is 5.91 Å². The maximum absolute atomic E-state index is 12.5. The molecule has 2 rings (SSSR count). The van der Waals surface area contributed by atoms with E-state index >= 15 is 0 Å². The molecule has 1 aromatic rings. The van der Waals surface area contributed by atoms with Crippen LogP contribution < -0.4 is 11.1 Å². The van der Waals surface area contributed by atoms with Crippen molar-refractivity contribution in [3.63, 3.8) is 0 Å². The van der Waals surface area contributed by atoms with Crippen molar-refractivity contribution < 1.29 is 24.3 Å². The van der Waals surface area contributed by atoms with E-state index in [-0.39, 0.29) is 37.6 Å². The Bertz CT molecular complexity index is 701. The SMILES string of the molecule is CNCC(=O)c1ccc2c(c1)CN(C(CCC(=O)O)C(N)=O)C2=O. The van der Waals surface area contributed by atoms with Gasteiger partial charge in [-0.15, -0.1) is 0 Å². The third kappa shape index (κ3) is 3.60. The van der Waals surface area contributed by atoms with Gasteiger partial charge in [0, 0.05) is 24.1 Å². The number of hydrogen-bond acceptors (Lipinski definition) is 5. The molecular formula is C16H19N3O5. The van der Waals surface area contributed by atoms with Gasteiger partial charge in [-0.1, -0.05) is 6.07 Å². The van der Waals surface area contributed by atoms with Gasteiger partial charge in [0.1, 0.15) is 6.04 Å². The third-order valence-electron chi connectivity index (χ3n) is 3.93. The Hall–Kier alpha value is -2.74. The van der Waals surface area contributed by atoms with Gasteiger partial charge in [-0.25, -0.2) is 0 Å². The number of carbonyl (C=O) groups excluding carboxylic acids is 3. The second-order valence-electron chi connectivity index (χ2n) is 5.61. The molecule has 24 heavy (non-hydrogen) atoms. The van der Waals surface area contributed by atoms with Crippen LogP contribution in [0.2, 0.25) is 0 Å². The molecule has 4 N–H and O–H groups in total. The first kappa shape index (κ1) is 17.6. The summed E-state index contributed by atoms with van der Waals surface area (Å²) in [4.78, 5) is 48.0. The number of primary amides is 1. The van der Waals surface area contributed by atoms with Crippen LogP contribution in [0.25, 0.3) is 0 Å². The average Bonchev–Trinajstić information content (AvgIpc) is 2.83. The maximum Gasteiger partial charge on any atom is 0.303 e. The molecule has 1 unspecified atom stereocenters. The largest absolute Gasteiger partial charge is 0.481 e. The number of hydrogen-bond donors (Lipinski definition) is 3. The number of nitrogens with one attached hydrogen (secondary N) is 1. The van der Waals surface area contributed by atoms with Crippen LogP contribution in [0.1, 0.15) is 39.1 Å². The number of amides is 2. The van der Waals surface area contributed by atoms with Gasteiger partial charge in [0.15, 0.2) is 5.78 Å². The van der Waals surface area contributed by atoms with Crippen LogP contribution in [0.4, 0.5) is 0 Å². The van der Waals surface area contributed by atoms with Crippen molar-refractivity contribution in [2.24, 2.45) is 5.73 Å². The van der Waals surface area contributed by atoms with Crippen LogP contribution in [0.5, 0.6) is 0 Å². The van der Waals surface area contributed by atoms with Crippen molar-refractivity contribution in [1.29, 1.82) is 0 Å². The molecule has 0 spiro atoms. The molecule has 8 nitrogen and oxygen atoms in total. The van der Waals surface area contributed by atoms with Crippen molar-refractivity contribution in [2.45, 2.75) is 25.4 Å². The highest BCUT2D eigenvalue weighted by Crippen LogP contribution is 2.27. The molecule has 8 heteroatoms. The first-order chi connectivity index (χ1) is 11.3. The fourth-order valence-electron chi connectivity index (χ4n) is 2.74. The van der Waals surface area contributed by atoms with Gasteiger partial charge in [-0.2, -0.15) is 0 Å². The highest BCUT2D eigenvalue weighted by Gasteiger charge is 2.35. The lowest BCUT2D eigenvalue weighted by atomic mass is 10.0. The van der Waals surface area contributed by atoms with Crippen LogP contribution in [-0.4, -0.2) is 53.2 Å². The molecule has 0 radical (unpaired) electrons. The molecule has 0 saturated heterocycles. The summed E-state index contributed by atoms with van der Waals surface area (Å²) in [6, 6.07) is 3.76. The number of fused-ring (bicyclic) bond motifs is 1. The smallest absolute Gasteiger partial charge is 0.303 e. The molecule has 128 valence electrons. The van der Waals surface area contributed by atoms with E-state index in [1.54, 1.807) is 25.2 Å². The highest BCUT2D eigenvalue weighted by molar-refractivity contribution is 6.03. The Labute approximate surface area is 138 Å². The standard InChI is InChI=1S/C16H19N3O5/c1-18-7-13(20)9-2-3-11-10(6-9)8-19(16(11)24)12(15(17)23)4-5-14(21)22/h2-3,6,12,18H,4-5,7-8H2,1H3,(H2,17,23)(H,21,22). The van der Waals surface area contributed by atoms with E-state index in [4.69, 9.17) is 10.8 Å². The zero-order valence-electron chi connectivity index (χ0n) is 13.2. The predicted octanol–water partition coefficient (Wildman–Crippen LogP) is -0.237. The Morgan fingerprint density at radius 3 is 2.67 bits per heavy atom. The van der Waals surface area contributed by atoms with Crippen molar-refractivity contribution >= 4 is 23.6 Å². The van der Waals surface area contributed by atoms with Gasteiger partial charge in [0.05, 0.1) is 6.54 Å². The summed E-state index contributed by atoms with van der Waals surface area (Å²) >= 11 is 0. The molecular weight excluding hydrogens is 314 g/mol. The summed E-state index contributed by atoms with van der Waals surface area (Å²) in [6.45, 7) is 0.307. The summed E-state index contributed by atoms with van der Waals surface area (Å²) in [5.74, 6) is -2.30. The van der Waals surface area contributed by atoms with E-state index in [9.17, 15) is 19.2 Å². The fraction of sp³-hybridized carbons (Fsp3) is 0.375. The number of carboxylic acids is 1. The van der Waals surface area contributed by atoms with E-state index in [1.165, 1.54) is 4.90 Å². The van der Waals surface area contributed by atoms with Crippen LogP contribution in [-0.2, 0) is 16.1 Å². The first-order valence-electron chi connectivity index (χ1n) is 7.48. The van der Waals surface area contributed by atoms with E-state index < -0.39 is 17.9 Å². The van der Waals surface area contributed by atoms with Gasteiger partial charge in [-0.05, 0) is 31.2 Å². The molecule has 1 atom stereocenters. The average molecular weight is 333 g/mol. The Morgan fingerprint density at radius 2 is 2.08 bits per heavy atom. The van der Waals surface area contributed by atoms with Crippen molar-refractivity contribution in [2.75, 3.05) is 13.6 Å². The lowest BCUT2D eigenvalue weighted by Gasteiger charge is -2.24. The normalized spacial score (nSPS) is 14.4. The van der Waals surface area contributed by atoms with E-state index in [0.717, 1.165) is 0 Å². The molecule has 1 heterocycles. The number of Topliss-reactive ketones (excluding diaryl/α,β-unsaturated/α-hetero) is 1. The van der Waals surface area contributed by atoms with Gasteiger partial charge in [0.25, 0.3) is 5.91 Å². The molecule has 1 aliphatic heterocycles. The monoisotopic (exact) mass is 333 g/mol. The molecule has 0 bridgehead atoms. The van der Waals surface area contributed by atoms with E-state index in [2.05, 4.69) is 5.32 Å². The third-order valence-corrected chi connectivity index (χ3v) is 3.93. The van der Waals surface area contributed by atoms with Crippen LogP contribution in [0.15, 0.2) is 18.2 Å². The van der Waals surface area contributed by atoms with Gasteiger partial charge < -0.3 is 21.1 Å². The van der Waals surface area contributed by atoms with E-state index in [0.29, 0.717) is 16.7 Å². The summed E-state index contributed by atoms with van der Waals surface area (Å²) < 4.78 is 0. The second kappa shape index (κ2) is 7.22. The number of rotatable bonds is 8. The summed E-state index contributed by atoms with van der Waals surface area (Å²) in [6.07, 6.45) is -0.310. The zero-order chi connectivity index (χ0) is 17.9. The van der Waals surface area contributed by atoms with Crippen molar-refractivity contribution in [3.8, 4) is 0 Å². The van der Waals surface area contributed by atoms with Gasteiger partial charge in [-0.3, -0.25) is 19.2 Å². The molecule has 2 amide bonds. The number of likely N-dealkylation sites (N-methyl/N-ethyl adjacent to an activating group) is 1. The molecule has 0 fully saturated rings. The lowest BCUT2D eigenvalue weighted by molar-refractivity contribution is -0.137. The quantitative estimate of drug-likeness (QED) is 0.563. The number of ketones is 1. The summed E-state index contributed by atoms with van der Waals surface area (Å²) in [5.41, 5.74) is 6.83. The zero-order valence-corrected chi connectivity index (χ0v) is 13.2. The Balaban J connectivity index is 2.23. The van der Waals surface area contributed by atoms with E-state index in [1.807, 2.05) is 0 Å². The van der Waals surface area contributed by atoms with Crippen LogP contribution in [0, 0.1) is 0 Å². The predicted molar refractivity (Wildman–Crippen MR) is 84.4 cm³/mol. The highest BCUT2D eigenvalue weighted by atomic mass is 16.4. The molecule has 1 aromatic carbocycles. The van der Waals surface area contributed by atoms with Crippen LogP contribution >= 0.6 is 0 Å². The number of carbonyl (C=O) groups is 4. The number of carboxylic acid groups (broad SMARTS) is 1. The molecule has 0 aliphatic carbocycles. The maximum atomic E-state index is 12.5. The molecule has 0 aromatic heterocycles. The molecule has 1 aliphatic rings. The second-order valence-corrected chi connectivity index (χ2v) is 5.61. The fourth-order valence-corrected chi connectivity index (χ4v) is 2.74. The number of nitrogens with two attached hydrogens (primary N) is 1. The first-order valence-corrected chi connectivity index (χ1v) is 7.48. The summed E-state index contributed by atoms with van der Waals surface area (Å²) in [5, 5.41) is 11.5. The minimum atomic E-state index is -1.06. The number of benzene rings is 1. The minimum Gasteiger partial charge on any atom is -0.481 e. The van der Waals surface area contributed by atoms with Crippen molar-refractivity contribution in [1.82, 2.24) is 10.2 Å². The summed E-state index contributed by atoms with van der Waals surface area (Å²) in [7, 11) is 1.66. The molecule has 0 saturated carbocycles. The Kier molecular flexibility index (Phi) is 5.30. The number of nitrogens with zero attached hydrogens (tertiary/aromatic N) is 1. The Morgan fingerprint density at radius 1 is 1.38 bits per heavy atom. The van der Waals surface area contributed by atoms with Crippen LogP contribution in [0.3, 0.4) is 0 Å². The topological polar surface area (TPSA) is 130 Å². The van der Waals surface area contributed by atoms with Gasteiger partial charge >= 0.3 is 5.97 Å². The van der Waals surface area contributed by atoms with Crippen molar-refractivity contribution in [3.05, 3.63) is 34.9 Å². The lowest BCUT2D eigenvalue weighted by Crippen LogP contribution is -2.45. The number of aliphatic carboxylic acids is 1. The minimum absolute atomic E-state index is 0.0457.